The highest BCUT2D eigenvalue weighted by molar-refractivity contribution is 8.03. The Kier molecular flexibility index (Phi) is 8.54. The van der Waals surface area contributed by atoms with E-state index in [1.807, 2.05) is 6.92 Å². The Balaban J connectivity index is 1.73. The maximum Gasteiger partial charge on any atom is 0.230 e. The fraction of sp³-hybridized carbons (Fsp3) is 0.643. The molecule has 0 aliphatic carbocycles. The molecule has 0 bridgehead atoms. The summed E-state index contributed by atoms with van der Waals surface area (Å²) in [5.41, 5.74) is 0. The molecule has 2 aromatic heterocycles. The quantitative estimate of drug-likeness (QED) is 0.588. The first-order chi connectivity index (χ1) is 11.7. The SMILES string of the molecule is CCCCc1nc(CSc2nnc(SCC(=O)NCCC)s2)no1. The van der Waals surface area contributed by atoms with Crippen LogP contribution in [0.2, 0.25) is 0 Å². The van der Waals surface area contributed by atoms with Gasteiger partial charge in [-0.05, 0) is 12.8 Å². The van der Waals surface area contributed by atoms with E-state index in [9.17, 15) is 4.79 Å². The lowest BCUT2D eigenvalue weighted by Crippen LogP contribution is -2.25. The summed E-state index contributed by atoms with van der Waals surface area (Å²) in [7, 11) is 0. The lowest BCUT2D eigenvalue weighted by molar-refractivity contribution is -0.118. The molecule has 2 heterocycles. The average Bonchev–Trinajstić information content (AvgIpc) is 3.23. The van der Waals surface area contributed by atoms with Crippen LogP contribution in [0.1, 0.15) is 44.8 Å². The van der Waals surface area contributed by atoms with Crippen LogP contribution in [0.25, 0.3) is 0 Å². The Labute approximate surface area is 153 Å². The summed E-state index contributed by atoms with van der Waals surface area (Å²) in [4.78, 5) is 15.9. The fourth-order valence-electron chi connectivity index (χ4n) is 1.66. The van der Waals surface area contributed by atoms with Gasteiger partial charge in [-0.2, -0.15) is 4.98 Å². The van der Waals surface area contributed by atoms with Crippen molar-refractivity contribution in [2.24, 2.45) is 0 Å². The van der Waals surface area contributed by atoms with Crippen LogP contribution < -0.4 is 5.32 Å². The molecule has 10 heteroatoms. The highest BCUT2D eigenvalue weighted by Crippen LogP contribution is 2.30. The zero-order chi connectivity index (χ0) is 17.2. The van der Waals surface area contributed by atoms with Gasteiger partial charge in [0.05, 0.1) is 11.5 Å². The molecule has 1 N–H and O–H groups in total. The van der Waals surface area contributed by atoms with Crippen molar-refractivity contribution in [1.29, 1.82) is 0 Å². The molecule has 0 spiro atoms. The van der Waals surface area contributed by atoms with Crippen LogP contribution in [0.15, 0.2) is 13.2 Å². The molecule has 0 unspecified atom stereocenters. The van der Waals surface area contributed by atoms with E-state index < -0.39 is 0 Å². The molecule has 0 fully saturated rings. The lowest BCUT2D eigenvalue weighted by atomic mass is 10.2. The average molecular weight is 388 g/mol. The van der Waals surface area contributed by atoms with Crippen molar-refractivity contribution in [3.05, 3.63) is 11.7 Å². The molecule has 2 aromatic rings. The molecule has 0 radical (unpaired) electrons. The van der Waals surface area contributed by atoms with Crippen LogP contribution in [-0.4, -0.2) is 38.5 Å². The predicted molar refractivity (Wildman–Crippen MR) is 96.4 cm³/mol. The Bertz CT molecular complexity index is 631. The number of hydrogen-bond donors (Lipinski definition) is 1. The molecule has 7 nitrogen and oxygen atoms in total. The third kappa shape index (κ3) is 6.78. The van der Waals surface area contributed by atoms with Gasteiger partial charge in [0.15, 0.2) is 14.5 Å². The second kappa shape index (κ2) is 10.7. The molecule has 0 atom stereocenters. The highest BCUT2D eigenvalue weighted by atomic mass is 32.2. The van der Waals surface area contributed by atoms with Gasteiger partial charge in [0.2, 0.25) is 11.8 Å². The van der Waals surface area contributed by atoms with Gasteiger partial charge in [0, 0.05) is 13.0 Å². The molecule has 1 amide bonds. The predicted octanol–water partition coefficient (Wildman–Crippen LogP) is 3.17. The summed E-state index contributed by atoms with van der Waals surface area (Å²) < 4.78 is 6.83. The summed E-state index contributed by atoms with van der Waals surface area (Å²) in [6.45, 7) is 4.87. The van der Waals surface area contributed by atoms with Crippen LogP contribution in [0, 0.1) is 0 Å². The van der Waals surface area contributed by atoms with Gasteiger partial charge in [-0.15, -0.1) is 10.2 Å². The third-order valence-electron chi connectivity index (χ3n) is 2.87. The van der Waals surface area contributed by atoms with E-state index in [1.54, 1.807) is 0 Å². The zero-order valence-corrected chi connectivity index (χ0v) is 16.2. The Morgan fingerprint density at radius 2 is 2.00 bits per heavy atom. The molecule has 2 rings (SSSR count). The largest absolute Gasteiger partial charge is 0.355 e. The van der Waals surface area contributed by atoms with Crippen molar-refractivity contribution in [3.8, 4) is 0 Å². The van der Waals surface area contributed by atoms with Gasteiger partial charge in [0.25, 0.3) is 0 Å². The number of hydrogen-bond acceptors (Lipinski definition) is 9. The summed E-state index contributed by atoms with van der Waals surface area (Å²) in [5, 5.41) is 15.0. The number of nitrogens with zero attached hydrogens (tertiary/aromatic N) is 4. The first-order valence-corrected chi connectivity index (χ1v) is 10.7. The maximum atomic E-state index is 11.6. The number of rotatable bonds is 11. The van der Waals surface area contributed by atoms with E-state index in [-0.39, 0.29) is 5.91 Å². The van der Waals surface area contributed by atoms with E-state index in [2.05, 4.69) is 32.6 Å². The second-order valence-electron chi connectivity index (χ2n) is 4.97. The first-order valence-electron chi connectivity index (χ1n) is 7.88. The van der Waals surface area contributed by atoms with E-state index in [1.165, 1.54) is 34.9 Å². The van der Waals surface area contributed by atoms with Crippen LogP contribution in [0.5, 0.6) is 0 Å². The lowest BCUT2D eigenvalue weighted by Gasteiger charge is -2.00. The molecule has 0 aromatic carbocycles. The normalized spacial score (nSPS) is 10.9. The number of aromatic nitrogens is 4. The summed E-state index contributed by atoms with van der Waals surface area (Å²) >= 11 is 4.41. The van der Waals surface area contributed by atoms with Crippen molar-refractivity contribution < 1.29 is 9.32 Å². The van der Waals surface area contributed by atoms with Crippen molar-refractivity contribution in [1.82, 2.24) is 25.7 Å². The number of nitrogens with one attached hydrogen (secondary N) is 1. The van der Waals surface area contributed by atoms with Crippen molar-refractivity contribution in [3.63, 3.8) is 0 Å². The van der Waals surface area contributed by atoms with Gasteiger partial charge >= 0.3 is 0 Å². The second-order valence-corrected chi connectivity index (χ2v) is 8.39. The van der Waals surface area contributed by atoms with Gasteiger partial charge in [0.1, 0.15) is 0 Å². The number of amides is 1. The smallest absolute Gasteiger partial charge is 0.230 e. The van der Waals surface area contributed by atoms with Gasteiger partial charge in [-0.1, -0.05) is 60.3 Å². The number of carbonyl (C=O) groups excluding carboxylic acids is 1. The Hall–Kier alpha value is -1.13. The third-order valence-corrected chi connectivity index (χ3v) is 6.05. The number of carbonyl (C=O) groups is 1. The highest BCUT2D eigenvalue weighted by Gasteiger charge is 2.11. The number of aryl methyl sites for hydroxylation is 1. The van der Waals surface area contributed by atoms with E-state index in [0.29, 0.717) is 29.8 Å². The molecular weight excluding hydrogens is 366 g/mol. The molecule has 24 heavy (non-hydrogen) atoms. The minimum absolute atomic E-state index is 0.0256. The monoisotopic (exact) mass is 387 g/mol. The Morgan fingerprint density at radius 1 is 1.21 bits per heavy atom. The fourth-order valence-corrected chi connectivity index (χ4v) is 4.35. The van der Waals surface area contributed by atoms with Crippen molar-refractivity contribution in [2.45, 2.75) is 54.0 Å². The van der Waals surface area contributed by atoms with Crippen LogP contribution in [-0.2, 0) is 17.0 Å². The van der Waals surface area contributed by atoms with Crippen molar-refractivity contribution in [2.75, 3.05) is 12.3 Å². The van der Waals surface area contributed by atoms with Crippen LogP contribution in [0.3, 0.4) is 0 Å². The number of thioether (sulfide) groups is 2. The molecule has 0 saturated carbocycles. The minimum Gasteiger partial charge on any atom is -0.355 e. The van der Waals surface area contributed by atoms with Gasteiger partial charge in [-0.3, -0.25) is 4.79 Å². The van der Waals surface area contributed by atoms with Gasteiger partial charge in [-0.25, -0.2) is 0 Å². The topological polar surface area (TPSA) is 93.8 Å². The van der Waals surface area contributed by atoms with Crippen LogP contribution in [0.4, 0.5) is 0 Å². The molecular formula is C14H21N5O2S3. The van der Waals surface area contributed by atoms with E-state index in [0.717, 1.165) is 34.4 Å². The van der Waals surface area contributed by atoms with E-state index >= 15 is 0 Å². The summed E-state index contributed by atoms with van der Waals surface area (Å²) in [6, 6.07) is 0. The summed E-state index contributed by atoms with van der Waals surface area (Å²) in [5.74, 6) is 2.36. The molecule has 132 valence electrons. The van der Waals surface area contributed by atoms with E-state index in [4.69, 9.17) is 4.52 Å². The molecule has 0 saturated heterocycles. The maximum absolute atomic E-state index is 11.6. The first kappa shape index (κ1) is 19.2. The molecule has 0 aliphatic heterocycles. The summed E-state index contributed by atoms with van der Waals surface area (Å²) in [6.07, 6.45) is 3.92. The van der Waals surface area contributed by atoms with Crippen molar-refractivity contribution >= 4 is 40.8 Å². The minimum atomic E-state index is 0.0256. The van der Waals surface area contributed by atoms with Gasteiger partial charge < -0.3 is 9.84 Å². The standard InChI is InChI=1S/C14H21N5O2S3/c1-3-5-6-12-16-10(19-21-12)8-22-13-17-18-14(24-13)23-9-11(20)15-7-4-2/h3-9H2,1-2H3,(H,15,20). The number of unbranched alkanes of at least 4 members (excludes halogenated alkanes) is 1. The van der Waals surface area contributed by atoms with Crippen LogP contribution >= 0.6 is 34.9 Å². The Morgan fingerprint density at radius 3 is 2.75 bits per heavy atom. The molecule has 0 aliphatic rings. The zero-order valence-electron chi connectivity index (χ0n) is 13.8.